The lowest BCUT2D eigenvalue weighted by molar-refractivity contribution is 0.101. The van der Waals surface area contributed by atoms with E-state index in [0.29, 0.717) is 22.8 Å². The van der Waals surface area contributed by atoms with E-state index in [1.807, 2.05) is 12.1 Å². The van der Waals surface area contributed by atoms with Gasteiger partial charge in [-0.15, -0.1) is 0 Å². The second kappa shape index (κ2) is 4.13. The maximum absolute atomic E-state index is 11.3. The van der Waals surface area contributed by atoms with Crippen LogP contribution in [0.15, 0.2) is 18.2 Å². The first-order valence-electron chi connectivity index (χ1n) is 6.11. The van der Waals surface area contributed by atoms with Crippen molar-refractivity contribution in [1.29, 1.82) is 0 Å². The molecule has 1 aromatic carbocycles. The Morgan fingerprint density at radius 1 is 1.35 bits per heavy atom. The number of Topliss-reactive ketones (excluding diaryl/α,β-unsaturated/α-hetero) is 1. The van der Waals surface area contributed by atoms with Gasteiger partial charge < -0.3 is 0 Å². The van der Waals surface area contributed by atoms with Gasteiger partial charge in [-0.1, -0.05) is 44.5 Å². The Balaban J connectivity index is 2.22. The number of rotatable bonds is 2. The van der Waals surface area contributed by atoms with Crippen LogP contribution in [-0.2, 0) is 0 Å². The van der Waals surface area contributed by atoms with Crippen LogP contribution in [0.3, 0.4) is 0 Å². The van der Waals surface area contributed by atoms with E-state index < -0.39 is 0 Å². The van der Waals surface area contributed by atoms with E-state index in [0.717, 1.165) is 5.02 Å². The van der Waals surface area contributed by atoms with Gasteiger partial charge in [-0.05, 0) is 42.2 Å². The minimum Gasteiger partial charge on any atom is -0.295 e. The lowest BCUT2D eigenvalue weighted by Gasteiger charge is -2.18. The van der Waals surface area contributed by atoms with Gasteiger partial charge >= 0.3 is 0 Å². The first-order valence-corrected chi connectivity index (χ1v) is 6.49. The average Bonchev–Trinajstić information content (AvgIpc) is 2.96. The normalized spacial score (nSPS) is 23.6. The Morgan fingerprint density at radius 3 is 2.41 bits per heavy atom. The van der Waals surface area contributed by atoms with Crippen molar-refractivity contribution in [2.45, 2.75) is 40.0 Å². The molecule has 17 heavy (non-hydrogen) atoms. The Kier molecular flexibility index (Phi) is 3.07. The highest BCUT2D eigenvalue weighted by atomic mass is 35.5. The van der Waals surface area contributed by atoms with Crippen molar-refractivity contribution in [1.82, 2.24) is 0 Å². The zero-order valence-electron chi connectivity index (χ0n) is 10.9. The summed E-state index contributed by atoms with van der Waals surface area (Å²) in [5.74, 6) is 1.35. The van der Waals surface area contributed by atoms with Crippen LogP contribution < -0.4 is 0 Å². The molecular formula is C15H19ClO. The summed E-state index contributed by atoms with van der Waals surface area (Å²) in [5, 5.41) is 0.745. The molecule has 0 unspecified atom stereocenters. The topological polar surface area (TPSA) is 17.1 Å². The van der Waals surface area contributed by atoms with Gasteiger partial charge in [0.2, 0.25) is 0 Å². The van der Waals surface area contributed by atoms with E-state index in [9.17, 15) is 4.79 Å². The van der Waals surface area contributed by atoms with E-state index in [4.69, 9.17) is 11.6 Å². The van der Waals surface area contributed by atoms with E-state index in [1.54, 1.807) is 13.0 Å². The maximum Gasteiger partial charge on any atom is 0.159 e. The molecular weight excluding hydrogens is 232 g/mol. The van der Waals surface area contributed by atoms with Gasteiger partial charge in [0.1, 0.15) is 0 Å². The number of halogens is 1. The minimum absolute atomic E-state index is 0.0709. The number of hydrogen-bond acceptors (Lipinski definition) is 1. The second-order valence-electron chi connectivity index (χ2n) is 6.11. The van der Waals surface area contributed by atoms with Crippen LogP contribution in [0, 0.1) is 11.3 Å². The second-order valence-corrected chi connectivity index (χ2v) is 6.51. The Labute approximate surface area is 108 Å². The van der Waals surface area contributed by atoms with Crippen molar-refractivity contribution in [3.8, 4) is 0 Å². The molecule has 2 rings (SSSR count). The van der Waals surface area contributed by atoms with Gasteiger partial charge in [0, 0.05) is 10.6 Å². The number of benzene rings is 1. The third-order valence-corrected chi connectivity index (χ3v) is 4.04. The zero-order valence-corrected chi connectivity index (χ0v) is 11.6. The molecule has 2 atom stereocenters. The fourth-order valence-corrected chi connectivity index (χ4v) is 2.86. The smallest absolute Gasteiger partial charge is 0.159 e. The van der Waals surface area contributed by atoms with E-state index in [-0.39, 0.29) is 5.78 Å². The third-order valence-electron chi connectivity index (χ3n) is 3.71. The minimum atomic E-state index is 0.0709. The summed E-state index contributed by atoms with van der Waals surface area (Å²) in [5.41, 5.74) is 2.25. The number of ketones is 1. The van der Waals surface area contributed by atoms with Crippen LogP contribution in [0.25, 0.3) is 0 Å². The maximum atomic E-state index is 11.3. The van der Waals surface area contributed by atoms with Gasteiger partial charge in [-0.3, -0.25) is 4.79 Å². The van der Waals surface area contributed by atoms with E-state index in [1.165, 1.54) is 12.0 Å². The molecule has 1 aliphatic rings. The quantitative estimate of drug-likeness (QED) is 0.696. The lowest BCUT2D eigenvalue weighted by Crippen LogP contribution is -2.09. The predicted octanol–water partition coefficient (Wildman–Crippen LogP) is 4.69. The largest absolute Gasteiger partial charge is 0.295 e. The highest BCUT2D eigenvalue weighted by Crippen LogP contribution is 2.57. The van der Waals surface area contributed by atoms with Crippen LogP contribution in [0.5, 0.6) is 0 Å². The van der Waals surface area contributed by atoms with Gasteiger partial charge in [0.15, 0.2) is 5.78 Å². The van der Waals surface area contributed by atoms with Crippen molar-refractivity contribution in [3.05, 3.63) is 34.3 Å². The Bertz CT molecular complexity index is 456. The molecule has 0 saturated heterocycles. The van der Waals surface area contributed by atoms with Crippen molar-refractivity contribution < 1.29 is 4.79 Å². The lowest BCUT2D eigenvalue weighted by atomic mass is 9.87. The van der Waals surface area contributed by atoms with Crippen LogP contribution in [0.1, 0.15) is 56.0 Å². The standard InChI is InChI=1S/C15H19ClO/c1-9(17)10-5-6-11(14(16)7-10)12-8-13(12)15(2,3)4/h5-7,12-13H,8H2,1-4H3/t12-,13+/m0/s1. The Hall–Kier alpha value is -0.820. The number of carbonyl (C=O) groups is 1. The number of carbonyl (C=O) groups excluding carboxylic acids is 1. The van der Waals surface area contributed by atoms with E-state index >= 15 is 0 Å². The van der Waals surface area contributed by atoms with Gasteiger partial charge in [-0.2, -0.15) is 0 Å². The molecule has 0 bridgehead atoms. The summed E-state index contributed by atoms with van der Waals surface area (Å²) in [4.78, 5) is 11.3. The predicted molar refractivity (Wildman–Crippen MR) is 71.8 cm³/mol. The van der Waals surface area contributed by atoms with E-state index in [2.05, 4.69) is 20.8 Å². The van der Waals surface area contributed by atoms with Gasteiger partial charge in [0.05, 0.1) is 0 Å². The van der Waals surface area contributed by atoms with Crippen molar-refractivity contribution >= 4 is 17.4 Å². The van der Waals surface area contributed by atoms with Gasteiger partial charge in [-0.25, -0.2) is 0 Å². The molecule has 0 spiro atoms. The van der Waals surface area contributed by atoms with Crippen LogP contribution in [0.4, 0.5) is 0 Å². The molecule has 1 aromatic rings. The fraction of sp³-hybridized carbons (Fsp3) is 0.533. The summed E-state index contributed by atoms with van der Waals surface area (Å²) in [6.07, 6.45) is 1.21. The molecule has 0 heterocycles. The molecule has 0 aliphatic heterocycles. The molecule has 1 saturated carbocycles. The fourth-order valence-electron chi connectivity index (χ4n) is 2.54. The molecule has 0 N–H and O–H groups in total. The van der Waals surface area contributed by atoms with Crippen LogP contribution in [-0.4, -0.2) is 5.78 Å². The molecule has 1 aliphatic carbocycles. The molecule has 0 amide bonds. The molecule has 0 radical (unpaired) electrons. The van der Waals surface area contributed by atoms with Crippen molar-refractivity contribution in [2.75, 3.05) is 0 Å². The SMILES string of the molecule is CC(=O)c1ccc([C@@H]2C[C@H]2C(C)(C)C)c(Cl)c1. The van der Waals surface area contributed by atoms with Crippen LogP contribution >= 0.6 is 11.6 Å². The van der Waals surface area contributed by atoms with Crippen molar-refractivity contribution in [2.24, 2.45) is 11.3 Å². The molecule has 1 nitrogen and oxygen atoms in total. The van der Waals surface area contributed by atoms with Gasteiger partial charge in [0.25, 0.3) is 0 Å². The molecule has 0 aromatic heterocycles. The monoisotopic (exact) mass is 250 g/mol. The van der Waals surface area contributed by atoms with Crippen molar-refractivity contribution in [3.63, 3.8) is 0 Å². The number of hydrogen-bond donors (Lipinski definition) is 0. The highest BCUT2D eigenvalue weighted by molar-refractivity contribution is 6.31. The first-order chi connectivity index (χ1) is 7.80. The summed E-state index contributed by atoms with van der Waals surface area (Å²) in [7, 11) is 0. The van der Waals surface area contributed by atoms with Crippen LogP contribution in [0.2, 0.25) is 5.02 Å². The summed E-state index contributed by atoms with van der Waals surface area (Å²) < 4.78 is 0. The first kappa shape index (κ1) is 12.6. The molecule has 92 valence electrons. The molecule has 1 fully saturated rings. The zero-order chi connectivity index (χ0) is 12.8. The Morgan fingerprint density at radius 2 is 2.00 bits per heavy atom. The summed E-state index contributed by atoms with van der Waals surface area (Å²) in [6.45, 7) is 8.39. The molecule has 2 heteroatoms. The average molecular weight is 251 g/mol. The summed E-state index contributed by atoms with van der Waals surface area (Å²) in [6, 6.07) is 5.72. The third kappa shape index (κ3) is 2.55. The summed E-state index contributed by atoms with van der Waals surface area (Å²) >= 11 is 6.27. The highest BCUT2D eigenvalue weighted by Gasteiger charge is 2.46.